The van der Waals surface area contributed by atoms with Crippen LogP contribution in [0.25, 0.3) is 0 Å². The Labute approximate surface area is 190 Å². The molecular formula is C29H31NO2. The molecule has 5 unspecified atom stereocenters. The van der Waals surface area contributed by atoms with Gasteiger partial charge in [-0.1, -0.05) is 36.6 Å². The maximum absolute atomic E-state index is 12.1. The zero-order valence-electron chi connectivity index (χ0n) is 18.8. The number of fused-ring (bicyclic) bond motifs is 4. The van der Waals surface area contributed by atoms with E-state index in [1.807, 2.05) is 18.2 Å². The van der Waals surface area contributed by atoms with E-state index >= 15 is 0 Å². The molecule has 32 heavy (non-hydrogen) atoms. The van der Waals surface area contributed by atoms with Crippen molar-refractivity contribution in [3.8, 4) is 11.8 Å². The minimum absolute atomic E-state index is 0.261. The maximum atomic E-state index is 12.1. The van der Waals surface area contributed by atoms with Crippen LogP contribution in [0.5, 0.6) is 0 Å². The normalized spacial score (nSPS) is 33.3. The number of benzene rings is 1. The first-order valence-corrected chi connectivity index (χ1v) is 11.9. The lowest BCUT2D eigenvalue weighted by Gasteiger charge is -2.52. The Bertz CT molecular complexity index is 1110. The number of carbonyl (C=O) groups is 2. The van der Waals surface area contributed by atoms with Gasteiger partial charge < -0.3 is 5.73 Å². The van der Waals surface area contributed by atoms with Gasteiger partial charge in [0.2, 0.25) is 0 Å². The lowest BCUT2D eigenvalue weighted by Crippen LogP contribution is -2.43. The molecule has 0 heterocycles. The first-order valence-electron chi connectivity index (χ1n) is 11.9. The first kappa shape index (κ1) is 21.0. The SMILES string of the molecule is C=CC1CCC2C3CCC4=CC(=O)CCC4=C3C(c3ccc(C#CC(N)=O)cc3)CC12C. The second-order valence-corrected chi connectivity index (χ2v) is 10.2. The van der Waals surface area contributed by atoms with Crippen LogP contribution in [0.2, 0.25) is 0 Å². The highest BCUT2D eigenvalue weighted by Gasteiger charge is 2.55. The minimum atomic E-state index is -0.611. The number of hydrogen-bond donors (Lipinski definition) is 1. The van der Waals surface area contributed by atoms with Gasteiger partial charge in [0.25, 0.3) is 5.91 Å². The summed E-state index contributed by atoms with van der Waals surface area (Å²) < 4.78 is 0. The van der Waals surface area contributed by atoms with Crippen LogP contribution in [-0.4, -0.2) is 11.7 Å². The Balaban J connectivity index is 1.61. The summed E-state index contributed by atoms with van der Waals surface area (Å²) in [5.41, 5.74) is 11.9. The third kappa shape index (κ3) is 3.37. The Kier molecular flexibility index (Phi) is 5.20. The molecule has 2 saturated carbocycles. The molecule has 0 radical (unpaired) electrons. The van der Waals surface area contributed by atoms with E-state index in [4.69, 9.17) is 5.73 Å². The Hall–Kier alpha value is -2.86. The van der Waals surface area contributed by atoms with E-state index in [-0.39, 0.29) is 11.2 Å². The van der Waals surface area contributed by atoms with Gasteiger partial charge in [-0.15, -0.1) is 6.58 Å². The largest absolute Gasteiger partial charge is 0.359 e. The van der Waals surface area contributed by atoms with E-state index in [1.54, 1.807) is 5.57 Å². The smallest absolute Gasteiger partial charge is 0.293 e. The lowest BCUT2D eigenvalue weighted by molar-refractivity contribution is -0.115. The number of ketones is 1. The topological polar surface area (TPSA) is 60.2 Å². The van der Waals surface area contributed by atoms with Crippen molar-refractivity contribution in [1.29, 1.82) is 0 Å². The highest BCUT2D eigenvalue weighted by atomic mass is 16.1. The van der Waals surface area contributed by atoms with Gasteiger partial charge in [-0.3, -0.25) is 9.59 Å². The molecule has 4 aliphatic rings. The summed E-state index contributed by atoms with van der Waals surface area (Å²) in [5.74, 6) is 7.15. The van der Waals surface area contributed by atoms with Gasteiger partial charge in [-0.05, 0) is 103 Å². The van der Waals surface area contributed by atoms with Crippen molar-refractivity contribution in [2.45, 2.75) is 57.8 Å². The number of allylic oxidation sites excluding steroid dienone is 5. The van der Waals surface area contributed by atoms with Crippen molar-refractivity contribution >= 4 is 11.7 Å². The predicted molar refractivity (Wildman–Crippen MR) is 126 cm³/mol. The molecule has 164 valence electrons. The van der Waals surface area contributed by atoms with E-state index in [2.05, 4.69) is 43.6 Å². The summed E-state index contributed by atoms with van der Waals surface area (Å²) in [6.45, 7) is 6.68. The molecule has 2 fully saturated rings. The van der Waals surface area contributed by atoms with Crippen LogP contribution in [0.15, 0.2) is 59.7 Å². The van der Waals surface area contributed by atoms with Crippen molar-refractivity contribution in [2.24, 2.45) is 28.9 Å². The van der Waals surface area contributed by atoms with Crippen LogP contribution in [0.1, 0.15) is 68.9 Å². The van der Waals surface area contributed by atoms with Crippen molar-refractivity contribution < 1.29 is 9.59 Å². The first-order chi connectivity index (χ1) is 15.4. The summed E-state index contributed by atoms with van der Waals surface area (Å²) >= 11 is 0. The van der Waals surface area contributed by atoms with Gasteiger partial charge >= 0.3 is 0 Å². The third-order valence-electron chi connectivity index (χ3n) is 8.73. The average molecular weight is 426 g/mol. The minimum Gasteiger partial charge on any atom is -0.359 e. The quantitative estimate of drug-likeness (QED) is 0.521. The predicted octanol–water partition coefficient (Wildman–Crippen LogP) is 5.23. The molecule has 0 aromatic heterocycles. The number of hydrogen-bond acceptors (Lipinski definition) is 2. The highest BCUT2D eigenvalue weighted by molar-refractivity contribution is 5.93. The molecule has 2 N–H and O–H groups in total. The number of carbonyl (C=O) groups excluding carboxylic acids is 2. The number of primary amides is 1. The Morgan fingerprint density at radius 2 is 1.94 bits per heavy atom. The molecule has 1 aromatic rings. The van der Waals surface area contributed by atoms with E-state index in [1.165, 1.54) is 29.6 Å². The molecular weight excluding hydrogens is 394 g/mol. The van der Waals surface area contributed by atoms with Crippen LogP contribution < -0.4 is 5.73 Å². The molecule has 3 nitrogen and oxygen atoms in total. The summed E-state index contributed by atoms with van der Waals surface area (Å²) in [5, 5.41) is 0. The average Bonchev–Trinajstić information content (AvgIpc) is 3.13. The number of rotatable bonds is 2. The molecule has 0 bridgehead atoms. The monoisotopic (exact) mass is 425 g/mol. The zero-order valence-corrected chi connectivity index (χ0v) is 18.8. The van der Waals surface area contributed by atoms with Crippen LogP contribution in [-0.2, 0) is 9.59 Å². The second kappa shape index (κ2) is 7.93. The number of amides is 1. The molecule has 1 amide bonds. The molecule has 4 aliphatic carbocycles. The summed E-state index contributed by atoms with van der Waals surface area (Å²) in [6, 6.07) is 8.36. The fraction of sp³-hybridized carbons (Fsp3) is 0.448. The Morgan fingerprint density at radius 1 is 1.16 bits per heavy atom. The van der Waals surface area contributed by atoms with Crippen LogP contribution in [0.4, 0.5) is 0 Å². The molecule has 5 rings (SSSR count). The van der Waals surface area contributed by atoms with Gasteiger partial charge in [0.15, 0.2) is 5.78 Å². The third-order valence-corrected chi connectivity index (χ3v) is 8.73. The summed E-state index contributed by atoms with van der Waals surface area (Å²) in [4.78, 5) is 23.1. The van der Waals surface area contributed by atoms with Crippen molar-refractivity contribution in [3.05, 3.63) is 70.8 Å². The van der Waals surface area contributed by atoms with Crippen molar-refractivity contribution in [3.63, 3.8) is 0 Å². The molecule has 0 spiro atoms. The molecule has 0 aliphatic heterocycles. The van der Waals surface area contributed by atoms with Gasteiger partial charge in [0, 0.05) is 17.9 Å². The van der Waals surface area contributed by atoms with Crippen LogP contribution in [0.3, 0.4) is 0 Å². The van der Waals surface area contributed by atoms with Crippen molar-refractivity contribution in [1.82, 2.24) is 0 Å². The zero-order chi connectivity index (χ0) is 22.5. The van der Waals surface area contributed by atoms with E-state index in [0.29, 0.717) is 30.1 Å². The van der Waals surface area contributed by atoms with Gasteiger partial charge in [-0.25, -0.2) is 0 Å². The molecule has 5 atom stereocenters. The highest BCUT2D eigenvalue weighted by Crippen LogP contribution is 2.65. The molecule has 0 saturated heterocycles. The van der Waals surface area contributed by atoms with Gasteiger partial charge in [-0.2, -0.15) is 0 Å². The van der Waals surface area contributed by atoms with E-state index < -0.39 is 5.91 Å². The summed E-state index contributed by atoms with van der Waals surface area (Å²) in [6.07, 6.45) is 11.5. The van der Waals surface area contributed by atoms with E-state index in [9.17, 15) is 9.59 Å². The lowest BCUT2D eigenvalue weighted by atomic mass is 9.52. The second-order valence-electron chi connectivity index (χ2n) is 10.2. The van der Waals surface area contributed by atoms with Gasteiger partial charge in [0.1, 0.15) is 0 Å². The summed E-state index contributed by atoms with van der Waals surface area (Å²) in [7, 11) is 0. The Morgan fingerprint density at radius 3 is 2.66 bits per heavy atom. The fourth-order valence-electron chi connectivity index (χ4n) is 7.32. The standard InChI is InChI=1S/C29H31NO2/c1-3-21-10-14-26-24-12-9-20-16-22(31)11-13-23(20)28(24)25(17-29(21,26)2)19-7-4-18(5-8-19)6-15-27(30)32/h3-5,7-8,16,21,24-26H,1,9-14,17H2,2H3,(H2,30,32). The van der Waals surface area contributed by atoms with Crippen LogP contribution >= 0.6 is 0 Å². The molecule has 1 aromatic carbocycles. The number of nitrogens with two attached hydrogens (primary N) is 1. The molecule has 3 heteroatoms. The van der Waals surface area contributed by atoms with Crippen LogP contribution in [0, 0.1) is 35.0 Å². The van der Waals surface area contributed by atoms with Crippen molar-refractivity contribution in [2.75, 3.05) is 0 Å². The maximum Gasteiger partial charge on any atom is 0.293 e. The van der Waals surface area contributed by atoms with Gasteiger partial charge in [0.05, 0.1) is 0 Å². The van der Waals surface area contributed by atoms with E-state index in [0.717, 1.165) is 31.2 Å². The fourth-order valence-corrected chi connectivity index (χ4v) is 7.32.